The minimum Gasteiger partial charge on any atom is -0.481 e. The highest BCUT2D eigenvalue weighted by Gasteiger charge is 2.68. The fourth-order valence-corrected chi connectivity index (χ4v) is 4.41. The number of hydrogen-bond donors (Lipinski definition) is 2. The third-order valence-electron chi connectivity index (χ3n) is 5.28. The number of fused-ring (bicyclic) bond motifs is 1. The molecule has 2 fully saturated rings. The summed E-state index contributed by atoms with van der Waals surface area (Å²) in [6.07, 6.45) is 1.97. The van der Waals surface area contributed by atoms with Crippen LogP contribution in [0.2, 0.25) is 0 Å². The highest BCUT2D eigenvalue weighted by Crippen LogP contribution is 2.67. The lowest BCUT2D eigenvalue weighted by atomic mass is 9.62. The molecule has 0 spiro atoms. The average molecular weight is 240 g/mol. The third kappa shape index (κ3) is 1.36. The Morgan fingerprint density at radius 1 is 1.18 bits per heavy atom. The first-order chi connectivity index (χ1) is 7.73. The molecule has 4 atom stereocenters. The van der Waals surface area contributed by atoms with Gasteiger partial charge in [-0.1, -0.05) is 20.8 Å². The Labute approximate surface area is 101 Å². The third-order valence-corrected chi connectivity index (χ3v) is 5.28. The van der Waals surface area contributed by atoms with Crippen LogP contribution in [0.1, 0.15) is 40.0 Å². The van der Waals surface area contributed by atoms with Crippen molar-refractivity contribution in [3.05, 3.63) is 0 Å². The lowest BCUT2D eigenvalue weighted by molar-refractivity contribution is -0.161. The lowest BCUT2D eigenvalue weighted by Gasteiger charge is -2.39. The van der Waals surface area contributed by atoms with Crippen LogP contribution in [-0.4, -0.2) is 22.2 Å². The number of carboxylic acids is 2. The molecule has 2 N–H and O–H groups in total. The highest BCUT2D eigenvalue weighted by atomic mass is 16.4. The number of aliphatic carboxylic acids is 2. The van der Waals surface area contributed by atoms with E-state index in [1.807, 2.05) is 13.8 Å². The molecule has 2 aliphatic carbocycles. The Balaban J connectivity index is 2.49. The summed E-state index contributed by atoms with van der Waals surface area (Å²) < 4.78 is 0. The quantitative estimate of drug-likeness (QED) is 0.776. The molecule has 0 amide bonds. The molecule has 96 valence electrons. The van der Waals surface area contributed by atoms with Crippen LogP contribution in [-0.2, 0) is 9.59 Å². The molecular weight excluding hydrogens is 220 g/mol. The van der Waals surface area contributed by atoms with Gasteiger partial charge in [-0.15, -0.1) is 0 Å². The van der Waals surface area contributed by atoms with E-state index in [1.165, 1.54) is 0 Å². The van der Waals surface area contributed by atoms with E-state index in [0.29, 0.717) is 18.8 Å². The molecule has 0 radical (unpaired) electrons. The first kappa shape index (κ1) is 12.4. The molecule has 2 aliphatic rings. The summed E-state index contributed by atoms with van der Waals surface area (Å²) in [5.41, 5.74) is -1.50. The van der Waals surface area contributed by atoms with E-state index in [4.69, 9.17) is 0 Å². The van der Waals surface area contributed by atoms with E-state index in [2.05, 4.69) is 6.92 Å². The minimum atomic E-state index is -0.849. The molecule has 0 aromatic heterocycles. The van der Waals surface area contributed by atoms with Crippen LogP contribution >= 0.6 is 0 Å². The zero-order valence-electron chi connectivity index (χ0n) is 10.6. The van der Waals surface area contributed by atoms with Crippen LogP contribution in [0.15, 0.2) is 0 Å². The maximum absolute atomic E-state index is 11.7. The molecule has 0 aromatic carbocycles. The van der Waals surface area contributed by atoms with E-state index >= 15 is 0 Å². The standard InChI is InChI=1S/C13H20O4/c1-7-4-8-5-9(10(14)15)12(2,3)13(8,6-7)11(16)17/h7-9H,4-6H2,1-3H3,(H,14,15)(H,16,17)/t7-,8-,9+,13+/m0/s1. The summed E-state index contributed by atoms with van der Waals surface area (Å²) in [5, 5.41) is 18.9. The van der Waals surface area contributed by atoms with Gasteiger partial charge in [0.15, 0.2) is 0 Å². The van der Waals surface area contributed by atoms with Crippen LogP contribution in [0.25, 0.3) is 0 Å². The summed E-state index contributed by atoms with van der Waals surface area (Å²) in [7, 11) is 0. The molecule has 0 bridgehead atoms. The molecule has 0 heterocycles. The molecule has 4 nitrogen and oxygen atoms in total. The maximum Gasteiger partial charge on any atom is 0.310 e. The van der Waals surface area contributed by atoms with E-state index in [-0.39, 0.29) is 5.92 Å². The van der Waals surface area contributed by atoms with Gasteiger partial charge >= 0.3 is 11.9 Å². The zero-order valence-corrected chi connectivity index (χ0v) is 10.6. The Hall–Kier alpha value is -1.06. The Morgan fingerprint density at radius 2 is 1.76 bits per heavy atom. The molecule has 4 heteroatoms. The monoisotopic (exact) mass is 240 g/mol. The van der Waals surface area contributed by atoms with Crippen molar-refractivity contribution in [3.8, 4) is 0 Å². The molecule has 2 saturated carbocycles. The van der Waals surface area contributed by atoms with Crippen molar-refractivity contribution >= 4 is 11.9 Å². The molecular formula is C13H20O4. The largest absolute Gasteiger partial charge is 0.481 e. The van der Waals surface area contributed by atoms with Gasteiger partial charge in [0.2, 0.25) is 0 Å². The fourth-order valence-electron chi connectivity index (χ4n) is 4.41. The highest BCUT2D eigenvalue weighted by molar-refractivity contribution is 5.81. The summed E-state index contributed by atoms with van der Waals surface area (Å²) >= 11 is 0. The van der Waals surface area contributed by atoms with Crippen molar-refractivity contribution in [3.63, 3.8) is 0 Å². The van der Waals surface area contributed by atoms with Gasteiger partial charge in [-0.3, -0.25) is 9.59 Å². The van der Waals surface area contributed by atoms with Crippen LogP contribution in [0.5, 0.6) is 0 Å². The van der Waals surface area contributed by atoms with Gasteiger partial charge in [-0.25, -0.2) is 0 Å². The van der Waals surface area contributed by atoms with Crippen molar-refractivity contribution in [2.75, 3.05) is 0 Å². The van der Waals surface area contributed by atoms with Gasteiger partial charge in [-0.05, 0) is 36.5 Å². The van der Waals surface area contributed by atoms with Crippen molar-refractivity contribution in [1.29, 1.82) is 0 Å². The van der Waals surface area contributed by atoms with E-state index in [0.717, 1.165) is 6.42 Å². The van der Waals surface area contributed by atoms with Gasteiger partial charge in [0.25, 0.3) is 0 Å². The molecule has 0 aromatic rings. The second-order valence-electron chi connectivity index (χ2n) is 6.37. The van der Waals surface area contributed by atoms with Gasteiger partial charge in [-0.2, -0.15) is 0 Å². The van der Waals surface area contributed by atoms with Crippen LogP contribution in [0.3, 0.4) is 0 Å². The predicted molar refractivity (Wildman–Crippen MR) is 61.5 cm³/mol. The molecule has 0 unspecified atom stereocenters. The SMILES string of the molecule is C[C@H]1C[C@H]2C[C@H](C(=O)O)C(C)(C)[C@]2(C(=O)O)C1. The van der Waals surface area contributed by atoms with Gasteiger partial charge in [0.1, 0.15) is 0 Å². The topological polar surface area (TPSA) is 74.6 Å². The molecule has 0 aliphatic heterocycles. The molecule has 2 rings (SSSR count). The average Bonchev–Trinajstić information content (AvgIpc) is 2.60. The predicted octanol–water partition coefficient (Wildman–Crippen LogP) is 2.23. The lowest BCUT2D eigenvalue weighted by Crippen LogP contribution is -2.45. The second-order valence-corrected chi connectivity index (χ2v) is 6.37. The Kier molecular flexibility index (Phi) is 2.53. The maximum atomic E-state index is 11.7. The van der Waals surface area contributed by atoms with E-state index in [9.17, 15) is 19.8 Å². The van der Waals surface area contributed by atoms with Crippen molar-refractivity contribution in [2.45, 2.75) is 40.0 Å². The van der Waals surface area contributed by atoms with Crippen molar-refractivity contribution < 1.29 is 19.8 Å². The van der Waals surface area contributed by atoms with E-state index in [1.54, 1.807) is 0 Å². The first-order valence-corrected chi connectivity index (χ1v) is 6.19. The molecule has 17 heavy (non-hydrogen) atoms. The smallest absolute Gasteiger partial charge is 0.310 e. The van der Waals surface area contributed by atoms with E-state index < -0.39 is 28.7 Å². The normalized spacial score (nSPS) is 43.4. The van der Waals surface area contributed by atoms with Crippen LogP contribution in [0.4, 0.5) is 0 Å². The van der Waals surface area contributed by atoms with Crippen LogP contribution < -0.4 is 0 Å². The van der Waals surface area contributed by atoms with Gasteiger partial charge in [0.05, 0.1) is 11.3 Å². The number of hydrogen-bond acceptors (Lipinski definition) is 2. The Bertz CT molecular complexity index is 374. The Morgan fingerprint density at radius 3 is 2.18 bits per heavy atom. The summed E-state index contributed by atoms with van der Waals surface area (Å²) in [6, 6.07) is 0. The fraction of sp³-hybridized carbons (Fsp3) is 0.846. The first-order valence-electron chi connectivity index (χ1n) is 6.19. The minimum absolute atomic E-state index is 0.0195. The second kappa shape index (κ2) is 3.47. The van der Waals surface area contributed by atoms with Crippen molar-refractivity contribution in [1.82, 2.24) is 0 Å². The summed E-state index contributed by atoms with van der Waals surface area (Å²) in [6.45, 7) is 5.70. The molecule has 0 saturated heterocycles. The van der Waals surface area contributed by atoms with Crippen molar-refractivity contribution in [2.24, 2.45) is 28.6 Å². The van der Waals surface area contributed by atoms with Gasteiger partial charge < -0.3 is 10.2 Å². The zero-order chi connectivity index (χ0) is 13.0. The number of rotatable bonds is 2. The van der Waals surface area contributed by atoms with Crippen LogP contribution in [0, 0.1) is 28.6 Å². The summed E-state index contributed by atoms with van der Waals surface area (Å²) in [4.78, 5) is 23.0. The summed E-state index contributed by atoms with van der Waals surface area (Å²) in [5.74, 6) is -1.79. The number of carbonyl (C=O) groups is 2. The number of carboxylic acid groups (broad SMARTS) is 2. The van der Waals surface area contributed by atoms with Gasteiger partial charge in [0, 0.05) is 0 Å².